The highest BCUT2D eigenvalue weighted by Crippen LogP contribution is 2.40. The summed E-state index contributed by atoms with van der Waals surface area (Å²) in [4.78, 5) is 48.2. The number of benzene rings is 2. The number of aromatic nitrogens is 12. The van der Waals surface area contributed by atoms with Gasteiger partial charge in [0.25, 0.3) is 0 Å². The number of amides is 1. The number of nitrogens with zero attached hydrogens (tertiary/aromatic N) is 8. The Bertz CT molecular complexity index is 3880. The summed E-state index contributed by atoms with van der Waals surface area (Å²) in [5, 5.41) is 20.8. The Morgan fingerprint density at radius 3 is 2.23 bits per heavy atom. The van der Waals surface area contributed by atoms with Crippen molar-refractivity contribution in [3.05, 3.63) is 131 Å². The molecule has 0 unspecified atom stereocenters. The largest absolute Gasteiger partial charge is 0.337 e. The van der Waals surface area contributed by atoms with Gasteiger partial charge in [0.1, 0.15) is 17.3 Å². The Morgan fingerprint density at radius 2 is 1.45 bits per heavy atom. The van der Waals surface area contributed by atoms with Crippen molar-refractivity contribution in [3.8, 4) is 71.9 Å². The van der Waals surface area contributed by atoms with Crippen LogP contribution in [-0.2, 0) is 4.79 Å². The van der Waals surface area contributed by atoms with Crippen molar-refractivity contribution >= 4 is 78.4 Å². The van der Waals surface area contributed by atoms with Crippen LogP contribution in [0.4, 0.5) is 5.69 Å². The molecule has 66 heavy (non-hydrogen) atoms. The van der Waals surface area contributed by atoms with Gasteiger partial charge in [0.2, 0.25) is 5.91 Å². The predicted octanol–water partition coefficient (Wildman–Crippen LogP) is 11.1. The maximum Gasteiger partial charge on any atom is 0.314 e. The van der Waals surface area contributed by atoms with E-state index in [9.17, 15) is 4.79 Å². The number of imidazole rings is 2. The van der Waals surface area contributed by atoms with E-state index < -0.39 is 0 Å². The molecule has 320 valence electrons. The van der Waals surface area contributed by atoms with Crippen LogP contribution in [0.3, 0.4) is 0 Å². The SMILES string of the molecule is CCC(=O)Nc1cncc(-c2cc3c(-c4nc5c(-c6ccc(C)s6)cccc5[nH]4)n[nH]c3[n+](-c3cc(C)sc3-c3cccc4[nH]c(-c5n[nH]c6ncc(-c7cnccc7C)cc56)nc34)c2)c1. The third kappa shape index (κ3) is 6.64. The van der Waals surface area contributed by atoms with Crippen molar-refractivity contribution in [1.82, 2.24) is 55.3 Å². The van der Waals surface area contributed by atoms with Gasteiger partial charge >= 0.3 is 5.65 Å². The smallest absolute Gasteiger partial charge is 0.314 e. The van der Waals surface area contributed by atoms with Gasteiger partial charge in [-0.3, -0.25) is 19.9 Å². The van der Waals surface area contributed by atoms with E-state index in [0.29, 0.717) is 40.8 Å². The first-order valence-electron chi connectivity index (χ1n) is 21.4. The second-order valence-corrected chi connectivity index (χ2v) is 18.8. The zero-order valence-corrected chi connectivity index (χ0v) is 37.6. The minimum Gasteiger partial charge on any atom is -0.337 e. The Hall–Kier alpha value is -8.21. The van der Waals surface area contributed by atoms with Crippen LogP contribution >= 0.6 is 22.7 Å². The lowest BCUT2D eigenvalue weighted by atomic mass is 10.0. The lowest BCUT2D eigenvalue weighted by Gasteiger charge is -2.09. The third-order valence-electron chi connectivity index (χ3n) is 11.9. The van der Waals surface area contributed by atoms with Gasteiger partial charge in [-0.15, -0.1) is 27.8 Å². The Labute approximate surface area is 383 Å². The average molecular weight is 901 g/mol. The van der Waals surface area contributed by atoms with Crippen LogP contribution in [0.15, 0.2) is 116 Å². The molecule has 0 aliphatic carbocycles. The summed E-state index contributed by atoms with van der Waals surface area (Å²) < 4.78 is 2.15. The van der Waals surface area contributed by atoms with E-state index in [1.165, 1.54) is 4.88 Å². The summed E-state index contributed by atoms with van der Waals surface area (Å²) in [5.74, 6) is 1.18. The lowest BCUT2D eigenvalue weighted by Crippen LogP contribution is -2.32. The summed E-state index contributed by atoms with van der Waals surface area (Å²) in [5.41, 5.74) is 14.6. The van der Waals surface area contributed by atoms with Gasteiger partial charge in [-0.25, -0.2) is 15.0 Å². The van der Waals surface area contributed by atoms with Crippen LogP contribution in [0.1, 0.15) is 28.7 Å². The van der Waals surface area contributed by atoms with Gasteiger partial charge in [-0.2, -0.15) is 9.67 Å². The Balaban J connectivity index is 1.02. The molecule has 16 heteroatoms. The van der Waals surface area contributed by atoms with Crippen LogP contribution in [0, 0.1) is 20.8 Å². The number of thiophene rings is 2. The van der Waals surface area contributed by atoms with E-state index in [4.69, 9.17) is 25.1 Å². The second kappa shape index (κ2) is 15.5. The van der Waals surface area contributed by atoms with Crippen LogP contribution in [0.5, 0.6) is 0 Å². The zero-order chi connectivity index (χ0) is 44.6. The number of pyridine rings is 4. The summed E-state index contributed by atoms with van der Waals surface area (Å²) >= 11 is 3.44. The van der Waals surface area contributed by atoms with Gasteiger partial charge in [-0.1, -0.05) is 36.3 Å². The number of nitrogens with one attached hydrogen (secondary N) is 5. The van der Waals surface area contributed by atoms with E-state index in [1.54, 1.807) is 35.1 Å². The summed E-state index contributed by atoms with van der Waals surface area (Å²) in [6.45, 7) is 8.12. The minimum atomic E-state index is -0.0886. The van der Waals surface area contributed by atoms with Gasteiger partial charge in [-0.05, 0) is 80.9 Å². The third-order valence-corrected chi connectivity index (χ3v) is 14.0. The van der Waals surface area contributed by atoms with Gasteiger partial charge in [0.15, 0.2) is 28.7 Å². The van der Waals surface area contributed by atoms with Crippen molar-refractivity contribution in [3.63, 3.8) is 0 Å². The summed E-state index contributed by atoms with van der Waals surface area (Å²) in [7, 11) is 0. The zero-order valence-electron chi connectivity index (χ0n) is 36.0. The van der Waals surface area contributed by atoms with E-state index >= 15 is 0 Å². The average Bonchev–Trinajstić information content (AvgIpc) is 4.20. The molecule has 12 rings (SSSR count). The molecule has 0 saturated carbocycles. The molecule has 2 aromatic carbocycles. The molecule has 0 spiro atoms. The van der Waals surface area contributed by atoms with Crippen molar-refractivity contribution < 1.29 is 9.36 Å². The standard InChI is InChI=1S/C50H37N13OS2/c1-5-41(64)54-31-17-28(20-52-22-31)30-19-35-45(49-55-37-10-6-8-32(42(37)57-49)40-13-12-26(3)65-40)60-62-50(35)63(24-30)39-16-27(4)66-46(39)33-9-7-11-38-43(33)58-48(56-38)44-34-18-29(21-53-47(34)61-59-44)36-23-51-15-14-25(36)2/h6-24H,5H2,1-4H3,(H4,53,54,55,56,57,58,59,60,61,64)/p+1. The van der Waals surface area contributed by atoms with Crippen molar-refractivity contribution in [2.45, 2.75) is 34.1 Å². The van der Waals surface area contributed by atoms with Crippen LogP contribution in [0.2, 0.25) is 0 Å². The number of carbonyl (C=O) groups excluding carboxylic acids is 1. The van der Waals surface area contributed by atoms with E-state index in [0.717, 1.165) is 97.7 Å². The van der Waals surface area contributed by atoms with Crippen LogP contribution in [-0.4, -0.2) is 61.2 Å². The normalized spacial score (nSPS) is 11.8. The first kappa shape index (κ1) is 39.4. The molecule has 0 atom stereocenters. The molecular weight excluding hydrogens is 863 g/mol. The number of aryl methyl sites for hydroxylation is 3. The molecule has 0 bridgehead atoms. The van der Waals surface area contributed by atoms with E-state index in [1.807, 2.05) is 55.8 Å². The van der Waals surface area contributed by atoms with Crippen LogP contribution in [0.25, 0.3) is 116 Å². The fourth-order valence-corrected chi connectivity index (χ4v) is 10.5. The fourth-order valence-electron chi connectivity index (χ4n) is 8.62. The molecule has 12 aromatic rings. The highest BCUT2D eigenvalue weighted by molar-refractivity contribution is 7.16. The number of fused-ring (bicyclic) bond motifs is 4. The number of aromatic amines is 4. The number of carbonyl (C=O) groups is 1. The maximum absolute atomic E-state index is 12.5. The molecule has 1 amide bonds. The first-order chi connectivity index (χ1) is 32.3. The molecule has 5 N–H and O–H groups in total. The van der Waals surface area contributed by atoms with E-state index in [2.05, 4.69) is 116 Å². The molecule has 10 heterocycles. The molecule has 0 aliphatic heterocycles. The second-order valence-electron chi connectivity index (χ2n) is 16.2. The number of H-pyrrole nitrogens is 4. The summed E-state index contributed by atoms with van der Waals surface area (Å²) in [6.07, 6.45) is 11.4. The van der Waals surface area contributed by atoms with Crippen molar-refractivity contribution in [2.75, 3.05) is 5.32 Å². The predicted molar refractivity (Wildman–Crippen MR) is 261 cm³/mol. The van der Waals surface area contributed by atoms with Gasteiger partial charge in [0.05, 0.1) is 44.2 Å². The van der Waals surface area contributed by atoms with E-state index in [-0.39, 0.29) is 5.91 Å². The quantitative estimate of drug-likeness (QED) is 0.0885. The molecule has 0 saturated heterocycles. The molecule has 10 aromatic heterocycles. The monoisotopic (exact) mass is 900 g/mol. The molecular formula is C50H38N13OS2+. The number of para-hydroxylation sites is 2. The number of hydrogen-bond donors (Lipinski definition) is 5. The number of rotatable bonds is 9. The first-order valence-corrected chi connectivity index (χ1v) is 23.0. The van der Waals surface area contributed by atoms with Gasteiger partial charge < -0.3 is 15.3 Å². The topological polar surface area (TPSA) is 186 Å². The molecule has 14 nitrogen and oxygen atoms in total. The van der Waals surface area contributed by atoms with Gasteiger partial charge in [0, 0.05) is 79.2 Å². The summed E-state index contributed by atoms with van der Waals surface area (Å²) in [6, 6.07) is 27.0. The number of hydrogen-bond acceptors (Lipinski definition) is 10. The van der Waals surface area contributed by atoms with Crippen molar-refractivity contribution in [1.29, 1.82) is 0 Å². The molecule has 0 aliphatic rings. The maximum atomic E-state index is 12.5. The lowest BCUT2D eigenvalue weighted by molar-refractivity contribution is -0.567. The highest BCUT2D eigenvalue weighted by Gasteiger charge is 2.27. The van der Waals surface area contributed by atoms with Crippen molar-refractivity contribution in [2.24, 2.45) is 0 Å². The molecule has 0 radical (unpaired) electrons. The number of anilines is 1. The fraction of sp³-hybridized carbons (Fsp3) is 0.100. The minimum absolute atomic E-state index is 0.0886. The van der Waals surface area contributed by atoms with Crippen LogP contribution < -0.4 is 9.88 Å². The Morgan fingerprint density at radius 1 is 0.697 bits per heavy atom. The molecule has 0 fully saturated rings. The highest BCUT2D eigenvalue weighted by atomic mass is 32.1. The Kier molecular flexibility index (Phi) is 9.25.